The summed E-state index contributed by atoms with van der Waals surface area (Å²) >= 11 is 7.02. The first-order valence-corrected chi connectivity index (χ1v) is 5.20. The normalized spacial score (nSPS) is 12.4. The number of ether oxygens (including phenoxy) is 1. The van der Waals surface area contributed by atoms with E-state index in [2.05, 4.69) is 16.4 Å². The summed E-state index contributed by atoms with van der Waals surface area (Å²) in [4.78, 5) is 4.03. The number of aromatic nitrogens is 1. The molecule has 1 rings (SSSR count). The maximum atomic E-state index is 8.86. The summed E-state index contributed by atoms with van der Waals surface area (Å²) in [5.41, 5.74) is 0. The summed E-state index contributed by atoms with van der Waals surface area (Å²) in [7, 11) is 1.61. The highest BCUT2D eigenvalue weighted by Crippen LogP contribution is 2.23. The Morgan fingerprint density at radius 1 is 1.86 bits per heavy atom. The third-order valence-corrected chi connectivity index (χ3v) is 2.71. The second-order valence-corrected chi connectivity index (χ2v) is 4.21. The second-order valence-electron chi connectivity index (χ2n) is 2.51. The Kier molecular flexibility index (Phi) is 4.84. The maximum Gasteiger partial charge on any atom is 0.148 e. The van der Waals surface area contributed by atoms with Gasteiger partial charge in [-0.2, -0.15) is 5.26 Å². The van der Waals surface area contributed by atoms with Gasteiger partial charge in [0, 0.05) is 13.7 Å². The molecule has 1 aromatic heterocycles. The summed E-state index contributed by atoms with van der Waals surface area (Å²) in [5.74, 6) is 0. The zero-order chi connectivity index (χ0) is 10.4. The summed E-state index contributed by atoms with van der Waals surface area (Å²) in [5, 5.41) is 12.5. The third kappa shape index (κ3) is 3.24. The highest BCUT2D eigenvalue weighted by molar-refractivity contribution is 7.15. The molecule has 0 amide bonds. The Labute approximate surface area is 91.5 Å². The molecule has 6 heteroatoms. The van der Waals surface area contributed by atoms with Crippen LogP contribution in [-0.4, -0.2) is 25.2 Å². The van der Waals surface area contributed by atoms with Crippen LogP contribution in [0.25, 0.3) is 0 Å². The molecule has 1 unspecified atom stereocenters. The number of halogens is 1. The van der Waals surface area contributed by atoms with Crippen LogP contribution in [0.3, 0.4) is 0 Å². The van der Waals surface area contributed by atoms with E-state index in [9.17, 15) is 0 Å². The number of hydrogen-bond donors (Lipinski definition) is 1. The molecule has 4 nitrogen and oxygen atoms in total. The average Bonchev–Trinajstić information content (AvgIpc) is 2.60. The van der Waals surface area contributed by atoms with E-state index in [4.69, 9.17) is 21.6 Å². The van der Waals surface area contributed by atoms with Crippen molar-refractivity contribution < 1.29 is 4.74 Å². The number of nitrogens with zero attached hydrogens (tertiary/aromatic N) is 2. The van der Waals surface area contributed by atoms with E-state index < -0.39 is 6.04 Å². The van der Waals surface area contributed by atoms with Gasteiger partial charge in [-0.05, 0) is 0 Å². The van der Waals surface area contributed by atoms with Crippen molar-refractivity contribution in [1.82, 2.24) is 10.3 Å². The first-order valence-electron chi connectivity index (χ1n) is 4.01. The van der Waals surface area contributed by atoms with E-state index in [1.54, 1.807) is 13.3 Å². The Bertz CT molecular complexity index is 323. The van der Waals surface area contributed by atoms with Gasteiger partial charge in [0.1, 0.15) is 15.4 Å². The lowest BCUT2D eigenvalue weighted by Crippen LogP contribution is -2.23. The largest absolute Gasteiger partial charge is 0.383 e. The highest BCUT2D eigenvalue weighted by atomic mass is 35.5. The summed E-state index contributed by atoms with van der Waals surface area (Å²) in [6.45, 7) is 1.18. The fourth-order valence-corrected chi connectivity index (χ4v) is 1.84. The lowest BCUT2D eigenvalue weighted by molar-refractivity contribution is 0.198. The molecule has 0 aromatic carbocycles. The molecule has 0 aliphatic rings. The second kappa shape index (κ2) is 5.94. The third-order valence-electron chi connectivity index (χ3n) is 1.53. The quantitative estimate of drug-likeness (QED) is 0.782. The minimum absolute atomic E-state index is 0.400. The van der Waals surface area contributed by atoms with Crippen molar-refractivity contribution in [3.63, 3.8) is 0 Å². The smallest absolute Gasteiger partial charge is 0.148 e. The van der Waals surface area contributed by atoms with Crippen LogP contribution < -0.4 is 5.32 Å². The van der Waals surface area contributed by atoms with Gasteiger partial charge in [0.15, 0.2) is 0 Å². The molecule has 1 heterocycles. The number of nitriles is 1. The van der Waals surface area contributed by atoms with Gasteiger partial charge in [-0.3, -0.25) is 5.32 Å². The van der Waals surface area contributed by atoms with Crippen LogP contribution in [0.15, 0.2) is 6.20 Å². The molecule has 0 spiro atoms. The Balaban J connectivity index is 2.51. The van der Waals surface area contributed by atoms with Crippen LogP contribution in [0.1, 0.15) is 11.0 Å². The van der Waals surface area contributed by atoms with Crippen molar-refractivity contribution in [2.75, 3.05) is 20.3 Å². The van der Waals surface area contributed by atoms with Crippen LogP contribution >= 0.6 is 22.9 Å². The Morgan fingerprint density at radius 3 is 3.14 bits per heavy atom. The van der Waals surface area contributed by atoms with Gasteiger partial charge in [-0.1, -0.05) is 11.6 Å². The maximum absolute atomic E-state index is 8.86. The molecule has 0 aliphatic heterocycles. The van der Waals surface area contributed by atoms with Gasteiger partial charge in [0.2, 0.25) is 0 Å². The molecule has 14 heavy (non-hydrogen) atoms. The zero-order valence-electron chi connectivity index (χ0n) is 7.66. The van der Waals surface area contributed by atoms with Crippen molar-refractivity contribution in [2.45, 2.75) is 6.04 Å². The number of rotatable bonds is 5. The standard InChI is InChI=1S/C8H10ClN3OS/c1-13-3-2-11-6(4-10)8-12-5-7(9)14-8/h5-6,11H,2-3H2,1H3. The molecule has 0 aliphatic carbocycles. The van der Waals surface area contributed by atoms with Crippen LogP contribution in [0.5, 0.6) is 0 Å². The SMILES string of the molecule is COCCNC(C#N)c1ncc(Cl)s1. The predicted octanol–water partition coefficient (Wildman–Crippen LogP) is 1.60. The molecular weight excluding hydrogens is 222 g/mol. The lowest BCUT2D eigenvalue weighted by Gasteiger charge is -2.07. The number of thiazole rings is 1. The average molecular weight is 232 g/mol. The van der Waals surface area contributed by atoms with Gasteiger partial charge in [0.05, 0.1) is 18.9 Å². The van der Waals surface area contributed by atoms with Crippen molar-refractivity contribution in [3.05, 3.63) is 15.5 Å². The van der Waals surface area contributed by atoms with E-state index in [0.717, 1.165) is 0 Å². The summed E-state index contributed by atoms with van der Waals surface area (Å²) < 4.78 is 5.45. The number of hydrogen-bond acceptors (Lipinski definition) is 5. The number of methoxy groups -OCH3 is 1. The molecule has 0 radical (unpaired) electrons. The van der Waals surface area contributed by atoms with E-state index in [-0.39, 0.29) is 0 Å². The van der Waals surface area contributed by atoms with Crippen molar-refractivity contribution in [3.8, 4) is 6.07 Å². The van der Waals surface area contributed by atoms with Crippen LogP contribution in [-0.2, 0) is 4.74 Å². The fourth-order valence-electron chi connectivity index (χ4n) is 0.894. The molecule has 0 fully saturated rings. The summed E-state index contributed by atoms with van der Waals surface area (Å²) in [6.07, 6.45) is 1.55. The van der Waals surface area contributed by atoms with E-state index in [0.29, 0.717) is 22.5 Å². The van der Waals surface area contributed by atoms with E-state index in [1.807, 2.05) is 0 Å². The highest BCUT2D eigenvalue weighted by Gasteiger charge is 2.13. The van der Waals surface area contributed by atoms with Crippen LogP contribution in [0.2, 0.25) is 4.34 Å². The Hall–Kier alpha value is -0.670. The van der Waals surface area contributed by atoms with Gasteiger partial charge >= 0.3 is 0 Å². The van der Waals surface area contributed by atoms with Gasteiger partial charge in [0.25, 0.3) is 0 Å². The van der Waals surface area contributed by atoms with Crippen LogP contribution in [0.4, 0.5) is 0 Å². The minimum Gasteiger partial charge on any atom is -0.383 e. The molecule has 0 saturated heterocycles. The van der Waals surface area contributed by atoms with E-state index >= 15 is 0 Å². The summed E-state index contributed by atoms with van der Waals surface area (Å²) in [6, 6.07) is 1.71. The monoisotopic (exact) mass is 231 g/mol. The molecule has 0 saturated carbocycles. The lowest BCUT2D eigenvalue weighted by atomic mass is 10.3. The molecule has 1 atom stereocenters. The zero-order valence-corrected chi connectivity index (χ0v) is 9.23. The first-order chi connectivity index (χ1) is 6.77. The van der Waals surface area contributed by atoms with Crippen molar-refractivity contribution in [2.24, 2.45) is 0 Å². The topological polar surface area (TPSA) is 57.9 Å². The Morgan fingerprint density at radius 2 is 2.64 bits per heavy atom. The van der Waals surface area contributed by atoms with Crippen molar-refractivity contribution in [1.29, 1.82) is 5.26 Å². The number of nitrogens with one attached hydrogen (secondary N) is 1. The van der Waals surface area contributed by atoms with E-state index in [1.165, 1.54) is 11.3 Å². The molecule has 1 aromatic rings. The minimum atomic E-state index is -0.400. The van der Waals surface area contributed by atoms with Gasteiger partial charge in [-0.15, -0.1) is 11.3 Å². The first kappa shape index (κ1) is 11.4. The molecule has 76 valence electrons. The predicted molar refractivity (Wildman–Crippen MR) is 55.4 cm³/mol. The fraction of sp³-hybridized carbons (Fsp3) is 0.500. The van der Waals surface area contributed by atoms with Gasteiger partial charge in [-0.25, -0.2) is 4.98 Å². The van der Waals surface area contributed by atoms with Gasteiger partial charge < -0.3 is 4.74 Å². The van der Waals surface area contributed by atoms with Crippen molar-refractivity contribution >= 4 is 22.9 Å². The molecule has 1 N–H and O–H groups in total. The molecule has 0 bridgehead atoms. The molecular formula is C8H10ClN3OS. The van der Waals surface area contributed by atoms with Crippen LogP contribution in [0, 0.1) is 11.3 Å².